The van der Waals surface area contributed by atoms with E-state index < -0.39 is 11.1 Å². The van der Waals surface area contributed by atoms with E-state index in [1.807, 2.05) is 20.8 Å². The monoisotopic (exact) mass is 185 g/mol. The fourth-order valence-electron chi connectivity index (χ4n) is 1.25. The molecule has 1 atom stereocenters. The van der Waals surface area contributed by atoms with Crippen LogP contribution < -0.4 is 5.73 Å². The van der Waals surface area contributed by atoms with Crippen LogP contribution in [0, 0.1) is 17.8 Å². The molecule has 13 heavy (non-hydrogen) atoms. The molecular formula is C11H20FN. The minimum absolute atomic E-state index is 0.0705. The molecule has 0 heterocycles. The van der Waals surface area contributed by atoms with Crippen molar-refractivity contribution in [2.45, 2.75) is 45.7 Å². The van der Waals surface area contributed by atoms with Crippen LogP contribution in [-0.2, 0) is 0 Å². The van der Waals surface area contributed by atoms with Gasteiger partial charge in [-0.1, -0.05) is 20.8 Å². The number of halogens is 1. The average Bonchev–Trinajstić information content (AvgIpc) is 2.02. The Bertz CT molecular complexity index is 187. The Labute approximate surface area is 80.9 Å². The number of alkyl halides is 1. The van der Waals surface area contributed by atoms with E-state index in [4.69, 9.17) is 12.2 Å². The van der Waals surface area contributed by atoms with Gasteiger partial charge in [0.25, 0.3) is 0 Å². The van der Waals surface area contributed by atoms with Crippen molar-refractivity contribution in [3.63, 3.8) is 0 Å². The van der Waals surface area contributed by atoms with Crippen molar-refractivity contribution in [3.8, 4) is 12.3 Å². The molecule has 0 bridgehead atoms. The Balaban J connectivity index is 4.23. The molecule has 0 amide bonds. The largest absolute Gasteiger partial charge is 0.328 e. The Morgan fingerprint density at radius 3 is 2.23 bits per heavy atom. The van der Waals surface area contributed by atoms with Gasteiger partial charge in [-0.25, -0.2) is 4.39 Å². The fraction of sp³-hybridized carbons (Fsp3) is 0.818. The molecule has 0 spiro atoms. The Morgan fingerprint density at radius 2 is 1.92 bits per heavy atom. The third-order valence-corrected chi connectivity index (χ3v) is 2.56. The molecule has 0 aromatic carbocycles. The number of hydrogen-bond acceptors (Lipinski definition) is 1. The maximum absolute atomic E-state index is 14.2. The minimum Gasteiger partial charge on any atom is -0.328 e. The van der Waals surface area contributed by atoms with Crippen molar-refractivity contribution >= 4 is 0 Å². The highest BCUT2D eigenvalue weighted by Gasteiger charge is 2.40. The van der Waals surface area contributed by atoms with Crippen molar-refractivity contribution in [1.29, 1.82) is 0 Å². The lowest BCUT2D eigenvalue weighted by Crippen LogP contribution is -2.45. The summed E-state index contributed by atoms with van der Waals surface area (Å²) >= 11 is 0. The maximum atomic E-state index is 14.2. The molecule has 76 valence electrons. The highest BCUT2D eigenvalue weighted by atomic mass is 19.1. The van der Waals surface area contributed by atoms with Crippen molar-refractivity contribution in [1.82, 2.24) is 0 Å². The molecule has 2 N–H and O–H groups in total. The summed E-state index contributed by atoms with van der Waals surface area (Å²) in [4.78, 5) is 0. The molecule has 0 aromatic heterocycles. The third kappa shape index (κ3) is 3.36. The van der Waals surface area contributed by atoms with Gasteiger partial charge in [-0.2, -0.15) is 0 Å². The van der Waals surface area contributed by atoms with Gasteiger partial charge in [-0.15, -0.1) is 12.3 Å². The van der Waals surface area contributed by atoms with Gasteiger partial charge in [-0.3, -0.25) is 0 Å². The van der Waals surface area contributed by atoms with Crippen LogP contribution in [-0.4, -0.2) is 12.2 Å². The molecule has 1 unspecified atom stereocenters. The first kappa shape index (κ1) is 12.4. The third-order valence-electron chi connectivity index (χ3n) is 2.56. The van der Waals surface area contributed by atoms with Crippen LogP contribution in [0.15, 0.2) is 0 Å². The van der Waals surface area contributed by atoms with Crippen molar-refractivity contribution in [2.75, 3.05) is 6.54 Å². The molecule has 0 fully saturated rings. The quantitative estimate of drug-likeness (QED) is 0.528. The zero-order valence-electron chi connectivity index (χ0n) is 8.86. The first-order valence-corrected chi connectivity index (χ1v) is 4.70. The lowest BCUT2D eigenvalue weighted by Gasteiger charge is -2.36. The Hall–Kier alpha value is -0.550. The van der Waals surface area contributed by atoms with Crippen molar-refractivity contribution in [2.24, 2.45) is 11.1 Å². The molecule has 0 aliphatic carbocycles. The summed E-state index contributed by atoms with van der Waals surface area (Å²) in [5, 5.41) is 0. The first-order valence-electron chi connectivity index (χ1n) is 4.70. The zero-order valence-corrected chi connectivity index (χ0v) is 8.86. The summed E-state index contributed by atoms with van der Waals surface area (Å²) in [6.45, 7) is 5.68. The van der Waals surface area contributed by atoms with Crippen molar-refractivity contribution in [3.05, 3.63) is 0 Å². The molecule has 0 saturated heterocycles. The molecule has 1 nitrogen and oxygen atoms in total. The molecule has 0 saturated carbocycles. The molecule has 0 radical (unpaired) electrons. The van der Waals surface area contributed by atoms with Gasteiger partial charge in [0.05, 0.1) is 0 Å². The number of unbranched alkanes of at least 4 members (excludes halogenated alkanes) is 1. The highest BCUT2D eigenvalue weighted by molar-refractivity contribution is 4.93. The van der Waals surface area contributed by atoms with Crippen LogP contribution in [0.2, 0.25) is 0 Å². The summed E-state index contributed by atoms with van der Waals surface area (Å²) in [5.41, 5.74) is 3.75. The molecule has 0 aliphatic heterocycles. The van der Waals surface area contributed by atoms with E-state index in [2.05, 4.69) is 5.92 Å². The van der Waals surface area contributed by atoms with Crippen LogP contribution in [0.3, 0.4) is 0 Å². The van der Waals surface area contributed by atoms with Crippen LogP contribution in [0.25, 0.3) is 0 Å². The van der Waals surface area contributed by atoms with Crippen LogP contribution >= 0.6 is 0 Å². The predicted molar refractivity (Wildman–Crippen MR) is 55.0 cm³/mol. The summed E-state index contributed by atoms with van der Waals surface area (Å²) in [5.74, 6) is 2.51. The van der Waals surface area contributed by atoms with Gasteiger partial charge < -0.3 is 5.73 Å². The average molecular weight is 185 g/mol. The van der Waals surface area contributed by atoms with E-state index in [-0.39, 0.29) is 6.54 Å². The van der Waals surface area contributed by atoms with Gasteiger partial charge in [0.2, 0.25) is 0 Å². The maximum Gasteiger partial charge on any atom is 0.128 e. The Kier molecular flexibility index (Phi) is 4.43. The molecular weight excluding hydrogens is 165 g/mol. The fourth-order valence-corrected chi connectivity index (χ4v) is 1.25. The van der Waals surface area contributed by atoms with Gasteiger partial charge in [0.1, 0.15) is 5.67 Å². The molecule has 0 rings (SSSR count). The van der Waals surface area contributed by atoms with E-state index in [0.29, 0.717) is 19.3 Å². The molecule has 0 aliphatic rings. The van der Waals surface area contributed by atoms with E-state index in [1.165, 1.54) is 0 Å². The zero-order chi connectivity index (χ0) is 10.5. The number of nitrogens with two attached hydrogens (primary N) is 1. The van der Waals surface area contributed by atoms with E-state index in [1.54, 1.807) is 0 Å². The smallest absolute Gasteiger partial charge is 0.128 e. The van der Waals surface area contributed by atoms with Gasteiger partial charge >= 0.3 is 0 Å². The summed E-state index contributed by atoms with van der Waals surface area (Å²) < 4.78 is 14.2. The van der Waals surface area contributed by atoms with E-state index in [9.17, 15) is 4.39 Å². The Morgan fingerprint density at radius 1 is 1.38 bits per heavy atom. The summed E-state index contributed by atoms with van der Waals surface area (Å²) in [6.07, 6.45) is 6.90. The predicted octanol–water partition coefficient (Wildman–Crippen LogP) is 2.50. The van der Waals surface area contributed by atoms with E-state index >= 15 is 0 Å². The number of terminal acetylenes is 1. The van der Waals surface area contributed by atoms with Gasteiger partial charge in [0.15, 0.2) is 0 Å². The second kappa shape index (κ2) is 4.62. The number of rotatable bonds is 4. The van der Waals surface area contributed by atoms with Crippen LogP contribution in [0.1, 0.15) is 40.0 Å². The first-order chi connectivity index (χ1) is 5.87. The van der Waals surface area contributed by atoms with Gasteiger partial charge in [0, 0.05) is 13.0 Å². The summed E-state index contributed by atoms with van der Waals surface area (Å²) in [6, 6.07) is 0. The highest BCUT2D eigenvalue weighted by Crippen LogP contribution is 2.37. The number of hydrogen-bond donors (Lipinski definition) is 1. The lowest BCUT2D eigenvalue weighted by molar-refractivity contribution is 0.0277. The van der Waals surface area contributed by atoms with E-state index in [0.717, 1.165) is 0 Å². The summed E-state index contributed by atoms with van der Waals surface area (Å²) in [7, 11) is 0. The van der Waals surface area contributed by atoms with Gasteiger partial charge in [-0.05, 0) is 18.3 Å². The second-order valence-electron chi connectivity index (χ2n) is 4.48. The van der Waals surface area contributed by atoms with Crippen LogP contribution in [0.5, 0.6) is 0 Å². The standard InChI is InChI=1S/C11H20FN/c1-5-6-7-8-11(12,9-13)10(2,3)4/h1H,6-9,13H2,2-4H3. The lowest BCUT2D eigenvalue weighted by atomic mass is 9.75. The topological polar surface area (TPSA) is 26.0 Å². The molecule has 2 heteroatoms. The normalized spacial score (nSPS) is 16.3. The van der Waals surface area contributed by atoms with Crippen molar-refractivity contribution < 1.29 is 4.39 Å². The molecule has 0 aromatic rings. The van der Waals surface area contributed by atoms with Crippen LogP contribution in [0.4, 0.5) is 4.39 Å². The SMILES string of the molecule is C#CCCCC(F)(CN)C(C)(C)C. The second-order valence-corrected chi connectivity index (χ2v) is 4.48. The minimum atomic E-state index is -1.29.